The molecule has 142 valence electrons. The van der Waals surface area contributed by atoms with E-state index in [2.05, 4.69) is 9.71 Å². The Morgan fingerprint density at radius 1 is 1.19 bits per heavy atom. The third kappa shape index (κ3) is 4.16. The van der Waals surface area contributed by atoms with Crippen molar-refractivity contribution >= 4 is 21.6 Å². The molecule has 0 aliphatic rings. The lowest BCUT2D eigenvalue weighted by Gasteiger charge is -2.16. The second-order valence-electron chi connectivity index (χ2n) is 6.08. The first-order valence-electron chi connectivity index (χ1n) is 8.28. The van der Waals surface area contributed by atoms with Crippen molar-refractivity contribution in [3.05, 3.63) is 71.3 Å². The van der Waals surface area contributed by atoms with Crippen LogP contribution >= 0.6 is 11.6 Å². The molecular formula is C19H20ClN3O3S. The van der Waals surface area contributed by atoms with Gasteiger partial charge in [-0.1, -0.05) is 23.7 Å². The monoisotopic (exact) mass is 405 g/mol. The Morgan fingerprint density at radius 2 is 1.89 bits per heavy atom. The van der Waals surface area contributed by atoms with Gasteiger partial charge in [0.1, 0.15) is 16.5 Å². The van der Waals surface area contributed by atoms with Crippen LogP contribution in [0, 0.1) is 6.92 Å². The number of imidazole rings is 1. The molecule has 0 fully saturated rings. The van der Waals surface area contributed by atoms with Gasteiger partial charge in [-0.2, -0.15) is 0 Å². The van der Waals surface area contributed by atoms with Crippen LogP contribution in [-0.4, -0.2) is 25.1 Å². The van der Waals surface area contributed by atoms with Gasteiger partial charge in [-0.3, -0.25) is 0 Å². The van der Waals surface area contributed by atoms with Crippen molar-refractivity contribution in [3.63, 3.8) is 0 Å². The molecule has 27 heavy (non-hydrogen) atoms. The summed E-state index contributed by atoms with van der Waals surface area (Å²) >= 11 is 6.08. The van der Waals surface area contributed by atoms with Crippen molar-refractivity contribution in [1.29, 1.82) is 0 Å². The summed E-state index contributed by atoms with van der Waals surface area (Å²) in [7, 11) is -2.34. The second kappa shape index (κ2) is 7.72. The van der Waals surface area contributed by atoms with Gasteiger partial charge in [-0.15, -0.1) is 0 Å². The maximum absolute atomic E-state index is 12.7. The number of aromatic nitrogens is 2. The van der Waals surface area contributed by atoms with Gasteiger partial charge in [0.2, 0.25) is 10.0 Å². The molecule has 3 aromatic rings. The molecule has 8 heteroatoms. The van der Waals surface area contributed by atoms with Crippen molar-refractivity contribution in [3.8, 4) is 11.4 Å². The molecule has 3 rings (SSSR count). The lowest BCUT2D eigenvalue weighted by atomic mass is 10.1. The Hall–Kier alpha value is -2.35. The van der Waals surface area contributed by atoms with E-state index in [0.717, 1.165) is 17.1 Å². The van der Waals surface area contributed by atoms with E-state index in [-0.39, 0.29) is 9.92 Å². The Labute approximate surface area is 163 Å². The van der Waals surface area contributed by atoms with Gasteiger partial charge >= 0.3 is 0 Å². The third-order valence-corrected chi connectivity index (χ3v) is 6.28. The molecule has 1 heterocycles. The van der Waals surface area contributed by atoms with Crippen LogP contribution in [0.5, 0.6) is 5.75 Å². The highest BCUT2D eigenvalue weighted by Gasteiger charge is 2.22. The van der Waals surface area contributed by atoms with Crippen LogP contribution in [0.3, 0.4) is 0 Å². The van der Waals surface area contributed by atoms with Gasteiger partial charge in [-0.05, 0) is 43.7 Å². The van der Waals surface area contributed by atoms with Crippen LogP contribution < -0.4 is 9.46 Å². The van der Waals surface area contributed by atoms with Crippen LogP contribution in [-0.2, 0) is 10.0 Å². The number of hydrogen-bond donors (Lipinski definition) is 1. The fourth-order valence-electron chi connectivity index (χ4n) is 2.76. The Kier molecular flexibility index (Phi) is 5.55. The molecule has 0 aliphatic carbocycles. The van der Waals surface area contributed by atoms with E-state index in [1.165, 1.54) is 19.2 Å². The summed E-state index contributed by atoms with van der Waals surface area (Å²) < 4.78 is 35.2. The average molecular weight is 406 g/mol. The molecule has 2 aromatic carbocycles. The molecule has 0 saturated carbocycles. The lowest BCUT2D eigenvalue weighted by Crippen LogP contribution is -2.27. The molecule has 0 spiro atoms. The van der Waals surface area contributed by atoms with Crippen molar-refractivity contribution < 1.29 is 13.2 Å². The summed E-state index contributed by atoms with van der Waals surface area (Å²) in [4.78, 5) is 4.19. The minimum Gasteiger partial charge on any atom is -0.497 e. The normalized spacial score (nSPS) is 12.7. The number of aryl methyl sites for hydroxylation is 1. The summed E-state index contributed by atoms with van der Waals surface area (Å²) in [5, 5.41) is 0.140. The second-order valence-corrected chi connectivity index (χ2v) is 8.16. The highest BCUT2D eigenvalue weighted by atomic mass is 35.5. The standard InChI is InChI=1S/C19H20ClN3O3S/c1-13(15-4-6-16(7-5-15)23-11-10-21-14(23)2)22-27(24,25)19-12-17(26-3)8-9-18(19)20/h4-13,22H,1-3H3/t13-/m1/s1. The molecule has 1 aromatic heterocycles. The highest BCUT2D eigenvalue weighted by molar-refractivity contribution is 7.89. The van der Waals surface area contributed by atoms with Crippen LogP contribution in [0.1, 0.15) is 24.4 Å². The predicted octanol–water partition coefficient (Wildman–Crippen LogP) is 3.88. The molecule has 0 amide bonds. The molecular weight excluding hydrogens is 386 g/mol. The fraction of sp³-hybridized carbons (Fsp3) is 0.211. The highest BCUT2D eigenvalue weighted by Crippen LogP contribution is 2.27. The van der Waals surface area contributed by atoms with Gasteiger partial charge < -0.3 is 9.30 Å². The maximum Gasteiger partial charge on any atom is 0.242 e. The molecule has 0 aliphatic heterocycles. The number of halogens is 1. The zero-order valence-corrected chi connectivity index (χ0v) is 16.8. The van der Waals surface area contributed by atoms with E-state index in [9.17, 15) is 8.42 Å². The summed E-state index contributed by atoms with van der Waals surface area (Å²) in [6, 6.07) is 11.7. The van der Waals surface area contributed by atoms with Crippen LogP contribution in [0.2, 0.25) is 5.02 Å². The van der Waals surface area contributed by atoms with Crippen molar-refractivity contribution in [2.24, 2.45) is 0 Å². The smallest absolute Gasteiger partial charge is 0.242 e. The van der Waals surface area contributed by atoms with Gasteiger partial charge in [-0.25, -0.2) is 18.1 Å². The Balaban J connectivity index is 1.82. The quantitative estimate of drug-likeness (QED) is 0.675. The largest absolute Gasteiger partial charge is 0.497 e. The number of nitrogens with one attached hydrogen (secondary N) is 1. The Morgan fingerprint density at radius 3 is 2.48 bits per heavy atom. The number of sulfonamides is 1. The van der Waals surface area contributed by atoms with E-state index >= 15 is 0 Å². The van der Waals surface area contributed by atoms with Crippen LogP contribution in [0.4, 0.5) is 0 Å². The lowest BCUT2D eigenvalue weighted by molar-refractivity contribution is 0.413. The van der Waals surface area contributed by atoms with Crippen LogP contribution in [0.25, 0.3) is 5.69 Å². The van der Waals surface area contributed by atoms with E-state index in [1.54, 1.807) is 19.2 Å². The first kappa shape index (κ1) is 19.4. The number of benzene rings is 2. The molecule has 0 radical (unpaired) electrons. The van der Waals surface area contributed by atoms with Gasteiger partial charge in [0.15, 0.2) is 0 Å². The third-order valence-electron chi connectivity index (χ3n) is 4.26. The number of methoxy groups -OCH3 is 1. The summed E-state index contributed by atoms with van der Waals surface area (Å²) in [5.74, 6) is 1.30. The zero-order chi connectivity index (χ0) is 19.6. The molecule has 1 N–H and O–H groups in total. The molecule has 6 nitrogen and oxygen atoms in total. The summed E-state index contributed by atoms with van der Waals surface area (Å²) in [6.07, 6.45) is 3.61. The summed E-state index contributed by atoms with van der Waals surface area (Å²) in [6.45, 7) is 3.70. The van der Waals surface area contributed by atoms with E-state index in [0.29, 0.717) is 5.75 Å². The first-order valence-corrected chi connectivity index (χ1v) is 10.1. The molecule has 1 atom stereocenters. The van der Waals surface area contributed by atoms with Gasteiger partial charge in [0.25, 0.3) is 0 Å². The molecule has 0 saturated heterocycles. The van der Waals surface area contributed by atoms with Gasteiger partial charge in [0, 0.05) is 30.2 Å². The Bertz CT molecular complexity index is 1050. The van der Waals surface area contributed by atoms with E-state index in [4.69, 9.17) is 16.3 Å². The number of hydrogen-bond acceptors (Lipinski definition) is 4. The SMILES string of the molecule is COc1ccc(Cl)c(S(=O)(=O)N[C@H](C)c2ccc(-n3ccnc3C)cc2)c1. The summed E-state index contributed by atoms with van der Waals surface area (Å²) in [5.41, 5.74) is 1.79. The number of ether oxygens (including phenoxy) is 1. The number of nitrogens with zero attached hydrogens (tertiary/aromatic N) is 2. The van der Waals surface area contributed by atoms with Crippen molar-refractivity contribution in [2.75, 3.05) is 7.11 Å². The van der Waals surface area contributed by atoms with E-state index in [1.807, 2.05) is 42.0 Å². The molecule has 0 unspecified atom stereocenters. The fourth-order valence-corrected chi connectivity index (χ4v) is 4.50. The van der Waals surface area contributed by atoms with Crippen LogP contribution in [0.15, 0.2) is 59.8 Å². The minimum atomic E-state index is -3.81. The zero-order valence-electron chi connectivity index (χ0n) is 15.2. The minimum absolute atomic E-state index is 0.0129. The number of rotatable bonds is 6. The van der Waals surface area contributed by atoms with Crippen molar-refractivity contribution in [2.45, 2.75) is 24.8 Å². The average Bonchev–Trinajstić information content (AvgIpc) is 3.07. The van der Waals surface area contributed by atoms with E-state index < -0.39 is 16.1 Å². The first-order chi connectivity index (χ1) is 12.8. The topological polar surface area (TPSA) is 73.2 Å². The molecule has 0 bridgehead atoms. The van der Waals surface area contributed by atoms with Crippen molar-refractivity contribution in [1.82, 2.24) is 14.3 Å². The maximum atomic E-state index is 12.7. The predicted molar refractivity (Wildman–Crippen MR) is 105 cm³/mol. The van der Waals surface area contributed by atoms with Gasteiger partial charge in [0.05, 0.1) is 12.1 Å².